The van der Waals surface area contributed by atoms with Crippen molar-refractivity contribution in [2.45, 2.75) is 13.8 Å². The lowest BCUT2D eigenvalue weighted by atomic mass is 10.1. The molecule has 2 aromatic carbocycles. The third kappa shape index (κ3) is 3.01. The molecule has 0 saturated carbocycles. The molecule has 0 radical (unpaired) electrons. The van der Waals surface area contributed by atoms with Crippen LogP contribution in [0.4, 0.5) is 5.69 Å². The molecule has 0 atom stereocenters. The Morgan fingerprint density at radius 3 is 2.56 bits per heavy atom. The van der Waals surface area contributed by atoms with Gasteiger partial charge in [-0.15, -0.1) is 0 Å². The minimum Gasteiger partial charge on any atom is -0.321 e. The van der Waals surface area contributed by atoms with Gasteiger partial charge in [-0.25, -0.2) is 4.79 Å². The minimum atomic E-state index is -0.214. The predicted molar refractivity (Wildman–Crippen MR) is 106 cm³/mol. The van der Waals surface area contributed by atoms with E-state index < -0.39 is 0 Å². The van der Waals surface area contributed by atoms with Crippen molar-refractivity contribution >= 4 is 22.5 Å². The normalized spacial score (nSPS) is 10.9. The Bertz CT molecular complexity index is 1200. The standard InChI is InChI=1S/C21H18N4O2/c1-13-5-10-18(17-4-3-11-22-19(13)17)24-20(26)15-6-8-16(9-7-15)25-14(2)12-23-21(25)27/h3-12H,1-2H3,(H,23,27)(H,24,26). The summed E-state index contributed by atoms with van der Waals surface area (Å²) in [5.41, 5.74) is 4.46. The van der Waals surface area contributed by atoms with Gasteiger partial charge in [-0.05, 0) is 61.9 Å². The van der Waals surface area contributed by atoms with Gasteiger partial charge in [0.2, 0.25) is 0 Å². The fourth-order valence-electron chi connectivity index (χ4n) is 3.16. The SMILES string of the molecule is Cc1ccc(NC(=O)c2ccc(-n3c(C)c[nH]c3=O)cc2)c2cccnc12. The Morgan fingerprint density at radius 2 is 1.85 bits per heavy atom. The van der Waals surface area contributed by atoms with Crippen LogP contribution in [0.3, 0.4) is 0 Å². The van der Waals surface area contributed by atoms with Crippen molar-refractivity contribution in [3.05, 3.63) is 88.2 Å². The molecule has 4 rings (SSSR count). The molecule has 6 heteroatoms. The number of H-pyrrole nitrogens is 1. The molecule has 0 fully saturated rings. The van der Waals surface area contributed by atoms with Gasteiger partial charge < -0.3 is 10.3 Å². The quantitative estimate of drug-likeness (QED) is 0.587. The van der Waals surface area contributed by atoms with Crippen LogP contribution in [0.15, 0.2) is 65.7 Å². The maximum absolute atomic E-state index is 12.7. The first-order chi connectivity index (χ1) is 13.0. The number of hydrogen-bond donors (Lipinski definition) is 2. The summed E-state index contributed by atoms with van der Waals surface area (Å²) in [6.45, 7) is 3.83. The highest BCUT2D eigenvalue weighted by Crippen LogP contribution is 2.25. The average Bonchev–Trinajstić information content (AvgIpc) is 3.02. The molecule has 2 aromatic heterocycles. The Balaban J connectivity index is 1.63. The minimum absolute atomic E-state index is 0.205. The van der Waals surface area contributed by atoms with E-state index in [2.05, 4.69) is 15.3 Å². The molecule has 4 aromatic rings. The molecule has 0 bridgehead atoms. The van der Waals surface area contributed by atoms with E-state index in [1.54, 1.807) is 41.2 Å². The molecule has 0 aliphatic heterocycles. The van der Waals surface area contributed by atoms with Gasteiger partial charge in [0, 0.05) is 29.0 Å². The number of carbonyl (C=O) groups is 1. The highest BCUT2D eigenvalue weighted by atomic mass is 16.2. The molecule has 0 saturated heterocycles. The number of pyridine rings is 1. The van der Waals surface area contributed by atoms with Crippen LogP contribution in [0, 0.1) is 13.8 Å². The number of benzene rings is 2. The Morgan fingerprint density at radius 1 is 1.07 bits per heavy atom. The van der Waals surface area contributed by atoms with Crippen LogP contribution >= 0.6 is 0 Å². The van der Waals surface area contributed by atoms with Gasteiger partial charge in [0.15, 0.2) is 0 Å². The van der Waals surface area contributed by atoms with E-state index in [1.165, 1.54) is 0 Å². The summed E-state index contributed by atoms with van der Waals surface area (Å²) < 4.78 is 1.56. The number of carbonyl (C=O) groups excluding carboxylic acids is 1. The van der Waals surface area contributed by atoms with E-state index >= 15 is 0 Å². The smallest absolute Gasteiger partial charge is 0.321 e. The van der Waals surface area contributed by atoms with Crippen molar-refractivity contribution in [3.8, 4) is 5.69 Å². The molecule has 134 valence electrons. The number of aromatic nitrogens is 3. The van der Waals surface area contributed by atoms with Gasteiger partial charge in [0.1, 0.15) is 0 Å². The van der Waals surface area contributed by atoms with Crippen LogP contribution in [0.1, 0.15) is 21.6 Å². The molecule has 6 nitrogen and oxygen atoms in total. The molecular weight excluding hydrogens is 340 g/mol. The third-order valence-corrected chi connectivity index (χ3v) is 4.57. The molecule has 1 amide bonds. The van der Waals surface area contributed by atoms with Gasteiger partial charge in [-0.3, -0.25) is 14.3 Å². The van der Waals surface area contributed by atoms with Crippen LogP contribution in [-0.4, -0.2) is 20.4 Å². The van der Waals surface area contributed by atoms with Crippen LogP contribution in [0.25, 0.3) is 16.6 Å². The first kappa shape index (κ1) is 16.8. The number of rotatable bonds is 3. The fraction of sp³-hybridized carbons (Fsp3) is 0.0952. The van der Waals surface area contributed by atoms with E-state index in [0.717, 1.165) is 27.8 Å². The van der Waals surface area contributed by atoms with Crippen molar-refractivity contribution in [1.82, 2.24) is 14.5 Å². The van der Waals surface area contributed by atoms with Crippen LogP contribution in [0.2, 0.25) is 0 Å². The monoisotopic (exact) mass is 358 g/mol. The maximum Gasteiger partial charge on any atom is 0.330 e. The zero-order valence-corrected chi connectivity index (χ0v) is 15.0. The van der Waals surface area contributed by atoms with E-state index in [0.29, 0.717) is 11.3 Å². The lowest BCUT2D eigenvalue weighted by molar-refractivity contribution is 0.102. The molecule has 0 aliphatic carbocycles. The third-order valence-electron chi connectivity index (χ3n) is 4.57. The zero-order valence-electron chi connectivity index (χ0n) is 15.0. The average molecular weight is 358 g/mol. The van der Waals surface area contributed by atoms with Crippen LogP contribution in [-0.2, 0) is 0 Å². The van der Waals surface area contributed by atoms with E-state index in [-0.39, 0.29) is 11.6 Å². The van der Waals surface area contributed by atoms with Crippen LogP contribution < -0.4 is 11.0 Å². The molecule has 0 unspecified atom stereocenters. The summed E-state index contributed by atoms with van der Waals surface area (Å²) in [6.07, 6.45) is 3.39. The van der Waals surface area contributed by atoms with E-state index in [4.69, 9.17) is 0 Å². The second-order valence-corrected chi connectivity index (χ2v) is 6.40. The Hall–Kier alpha value is -3.67. The second kappa shape index (κ2) is 6.57. The van der Waals surface area contributed by atoms with Crippen molar-refractivity contribution in [2.75, 3.05) is 5.32 Å². The Labute approximate surface area is 155 Å². The summed E-state index contributed by atoms with van der Waals surface area (Å²) in [5, 5.41) is 3.85. The van der Waals surface area contributed by atoms with Crippen molar-refractivity contribution in [1.29, 1.82) is 0 Å². The van der Waals surface area contributed by atoms with Gasteiger partial charge in [-0.2, -0.15) is 0 Å². The largest absolute Gasteiger partial charge is 0.330 e. The number of nitrogens with zero attached hydrogens (tertiary/aromatic N) is 2. The molecule has 0 spiro atoms. The lowest BCUT2D eigenvalue weighted by Crippen LogP contribution is -2.16. The second-order valence-electron chi connectivity index (χ2n) is 6.40. The lowest BCUT2D eigenvalue weighted by Gasteiger charge is -2.11. The molecule has 0 aliphatic rings. The maximum atomic E-state index is 12.7. The topological polar surface area (TPSA) is 79.8 Å². The number of aryl methyl sites for hydroxylation is 2. The van der Waals surface area contributed by atoms with Crippen molar-refractivity contribution in [3.63, 3.8) is 0 Å². The van der Waals surface area contributed by atoms with Gasteiger partial charge >= 0.3 is 5.69 Å². The van der Waals surface area contributed by atoms with Crippen LogP contribution in [0.5, 0.6) is 0 Å². The fourth-order valence-corrected chi connectivity index (χ4v) is 3.16. The van der Waals surface area contributed by atoms with E-state index in [9.17, 15) is 9.59 Å². The summed E-state index contributed by atoms with van der Waals surface area (Å²) in [5.74, 6) is -0.214. The number of fused-ring (bicyclic) bond motifs is 1. The summed E-state index contributed by atoms with van der Waals surface area (Å²) in [6, 6.07) is 14.5. The van der Waals surface area contributed by atoms with Crippen molar-refractivity contribution < 1.29 is 4.79 Å². The number of anilines is 1. The number of nitrogens with one attached hydrogen (secondary N) is 2. The molecular formula is C21H18N4O2. The van der Waals surface area contributed by atoms with Gasteiger partial charge in [0.25, 0.3) is 5.91 Å². The summed E-state index contributed by atoms with van der Waals surface area (Å²) in [4.78, 5) is 31.6. The number of imidazole rings is 1. The first-order valence-electron chi connectivity index (χ1n) is 8.58. The molecule has 2 N–H and O–H groups in total. The highest BCUT2D eigenvalue weighted by molar-refractivity contribution is 6.09. The Kier molecular flexibility index (Phi) is 4.08. The van der Waals surface area contributed by atoms with Gasteiger partial charge in [-0.1, -0.05) is 6.07 Å². The van der Waals surface area contributed by atoms with Gasteiger partial charge in [0.05, 0.1) is 16.9 Å². The molecule has 2 heterocycles. The van der Waals surface area contributed by atoms with Crippen molar-refractivity contribution in [2.24, 2.45) is 0 Å². The number of hydrogen-bond acceptors (Lipinski definition) is 3. The predicted octanol–water partition coefficient (Wildman–Crippen LogP) is 3.58. The summed E-state index contributed by atoms with van der Waals surface area (Å²) >= 11 is 0. The van der Waals surface area contributed by atoms with E-state index in [1.807, 2.05) is 38.1 Å². The summed E-state index contributed by atoms with van der Waals surface area (Å²) in [7, 11) is 0. The first-order valence-corrected chi connectivity index (χ1v) is 8.58. The highest BCUT2D eigenvalue weighted by Gasteiger charge is 2.11. The number of aromatic amines is 1. The zero-order chi connectivity index (χ0) is 19.0. The number of amides is 1. The molecule has 27 heavy (non-hydrogen) atoms.